The van der Waals surface area contributed by atoms with Crippen molar-refractivity contribution in [1.82, 2.24) is 14.9 Å². The van der Waals surface area contributed by atoms with Gasteiger partial charge in [0.25, 0.3) is 0 Å². The van der Waals surface area contributed by atoms with Gasteiger partial charge < -0.3 is 9.47 Å². The second kappa shape index (κ2) is 6.64. The van der Waals surface area contributed by atoms with Gasteiger partial charge in [-0.15, -0.1) is 0 Å². The molecule has 2 aromatic rings. The fourth-order valence-electron chi connectivity index (χ4n) is 3.59. The number of rotatable bonds is 4. The third kappa shape index (κ3) is 3.21. The maximum atomic E-state index is 6.06. The molecule has 23 heavy (non-hydrogen) atoms. The molecule has 120 valence electrons. The number of nitrogens with zero attached hydrogens (tertiary/aromatic N) is 3. The molecule has 4 rings (SSSR count). The minimum absolute atomic E-state index is 0.0847. The molecule has 0 N–H and O–H groups in total. The Morgan fingerprint density at radius 1 is 1.09 bits per heavy atom. The molecule has 2 aliphatic rings. The molecule has 0 unspecified atom stereocenters. The summed E-state index contributed by atoms with van der Waals surface area (Å²) in [4.78, 5) is 11.2. The first-order valence-electron chi connectivity index (χ1n) is 8.23. The van der Waals surface area contributed by atoms with Crippen LogP contribution in [-0.4, -0.2) is 46.3 Å². The summed E-state index contributed by atoms with van der Waals surface area (Å²) in [6.07, 6.45) is 5.92. The molecule has 5 heteroatoms. The van der Waals surface area contributed by atoms with Crippen LogP contribution in [0.4, 0.5) is 0 Å². The van der Waals surface area contributed by atoms with Crippen LogP contribution in [0.5, 0.6) is 5.88 Å². The van der Waals surface area contributed by atoms with Gasteiger partial charge in [-0.3, -0.25) is 9.88 Å². The first-order chi connectivity index (χ1) is 11.4. The molecule has 3 heterocycles. The van der Waals surface area contributed by atoms with E-state index < -0.39 is 0 Å². The Balaban J connectivity index is 1.44. The third-order valence-electron chi connectivity index (χ3n) is 4.65. The topological polar surface area (TPSA) is 47.5 Å². The van der Waals surface area contributed by atoms with E-state index in [4.69, 9.17) is 9.47 Å². The predicted molar refractivity (Wildman–Crippen MR) is 86.1 cm³/mol. The van der Waals surface area contributed by atoms with Crippen molar-refractivity contribution in [1.29, 1.82) is 0 Å². The lowest BCUT2D eigenvalue weighted by Crippen LogP contribution is -2.51. The van der Waals surface area contributed by atoms with Gasteiger partial charge in [0, 0.05) is 37.6 Å². The van der Waals surface area contributed by atoms with Gasteiger partial charge in [-0.25, -0.2) is 4.98 Å². The predicted octanol–water partition coefficient (Wildman–Crippen LogP) is 2.29. The van der Waals surface area contributed by atoms with Crippen molar-refractivity contribution in [2.24, 2.45) is 0 Å². The van der Waals surface area contributed by atoms with Gasteiger partial charge in [-0.05, 0) is 31.0 Å². The normalized spacial score (nSPS) is 27.6. The fourth-order valence-corrected chi connectivity index (χ4v) is 3.59. The number of fused-ring (bicyclic) bond motifs is 1. The van der Waals surface area contributed by atoms with Crippen molar-refractivity contribution in [3.05, 3.63) is 54.5 Å². The smallest absolute Gasteiger partial charge is 0.213 e. The minimum atomic E-state index is 0.0847. The monoisotopic (exact) mass is 311 g/mol. The van der Waals surface area contributed by atoms with Gasteiger partial charge in [-0.2, -0.15) is 0 Å². The highest BCUT2D eigenvalue weighted by Crippen LogP contribution is 2.33. The number of aromatic nitrogens is 2. The standard InChI is InChI=1S/C18H21N3O2/c1-3-9-19-14(5-1)13-21-11-12-22-18-15(21)7-8-16(18)23-17-6-2-4-10-20-17/h1-6,9-10,15-16,18H,7-8,11-13H2/t15-,16-,18+/m1/s1. The summed E-state index contributed by atoms with van der Waals surface area (Å²) in [6.45, 7) is 2.58. The van der Waals surface area contributed by atoms with Crippen LogP contribution in [0.3, 0.4) is 0 Å². The summed E-state index contributed by atoms with van der Waals surface area (Å²) in [5.74, 6) is 0.684. The quantitative estimate of drug-likeness (QED) is 0.867. The average molecular weight is 311 g/mol. The highest BCUT2D eigenvalue weighted by atomic mass is 16.5. The van der Waals surface area contributed by atoms with Gasteiger partial charge in [0.05, 0.1) is 12.3 Å². The fraction of sp³-hybridized carbons (Fsp3) is 0.444. The largest absolute Gasteiger partial charge is 0.472 e. The number of ether oxygens (including phenoxy) is 2. The van der Waals surface area contributed by atoms with Crippen LogP contribution in [0, 0.1) is 0 Å². The summed E-state index contributed by atoms with van der Waals surface area (Å²) < 4.78 is 12.1. The zero-order chi connectivity index (χ0) is 15.5. The summed E-state index contributed by atoms with van der Waals surface area (Å²) in [5.41, 5.74) is 1.11. The molecule has 1 aliphatic carbocycles. The second-order valence-corrected chi connectivity index (χ2v) is 6.10. The van der Waals surface area contributed by atoms with E-state index >= 15 is 0 Å². The number of morpholine rings is 1. The Morgan fingerprint density at radius 2 is 1.96 bits per heavy atom. The van der Waals surface area contributed by atoms with Crippen molar-refractivity contribution in [3.8, 4) is 5.88 Å². The molecule has 0 spiro atoms. The molecular formula is C18H21N3O2. The van der Waals surface area contributed by atoms with Crippen LogP contribution in [0.2, 0.25) is 0 Å². The maximum Gasteiger partial charge on any atom is 0.213 e. The van der Waals surface area contributed by atoms with E-state index in [1.165, 1.54) is 0 Å². The molecular weight excluding hydrogens is 290 g/mol. The van der Waals surface area contributed by atoms with Crippen molar-refractivity contribution in [3.63, 3.8) is 0 Å². The van der Waals surface area contributed by atoms with Gasteiger partial charge >= 0.3 is 0 Å². The van der Waals surface area contributed by atoms with Gasteiger partial charge in [0.2, 0.25) is 5.88 Å². The van der Waals surface area contributed by atoms with E-state index in [9.17, 15) is 0 Å². The number of hydrogen-bond acceptors (Lipinski definition) is 5. The van der Waals surface area contributed by atoms with Crippen molar-refractivity contribution in [2.45, 2.75) is 37.6 Å². The van der Waals surface area contributed by atoms with E-state index in [0.29, 0.717) is 11.9 Å². The Bertz CT molecular complexity index is 623. The number of pyridine rings is 2. The van der Waals surface area contributed by atoms with Crippen LogP contribution >= 0.6 is 0 Å². The van der Waals surface area contributed by atoms with Crippen molar-refractivity contribution >= 4 is 0 Å². The lowest BCUT2D eigenvalue weighted by molar-refractivity contribution is -0.0925. The van der Waals surface area contributed by atoms with Gasteiger partial charge in [0.1, 0.15) is 12.2 Å². The Morgan fingerprint density at radius 3 is 2.74 bits per heavy atom. The number of hydrogen-bond donors (Lipinski definition) is 0. The highest BCUT2D eigenvalue weighted by molar-refractivity contribution is 5.11. The molecule has 2 aromatic heterocycles. The Labute approximate surface area is 136 Å². The Kier molecular flexibility index (Phi) is 4.22. The molecule has 3 atom stereocenters. The third-order valence-corrected chi connectivity index (χ3v) is 4.65. The summed E-state index contributed by atoms with van der Waals surface area (Å²) in [5, 5.41) is 0. The first-order valence-corrected chi connectivity index (χ1v) is 8.23. The highest BCUT2D eigenvalue weighted by Gasteiger charge is 2.44. The maximum absolute atomic E-state index is 6.06. The Hall–Kier alpha value is -1.98. The lowest BCUT2D eigenvalue weighted by atomic mass is 10.1. The second-order valence-electron chi connectivity index (χ2n) is 6.10. The summed E-state index contributed by atoms with van der Waals surface area (Å²) >= 11 is 0. The van der Waals surface area contributed by atoms with Crippen LogP contribution in [0.25, 0.3) is 0 Å². The van der Waals surface area contributed by atoms with Crippen molar-refractivity contribution in [2.75, 3.05) is 13.2 Å². The molecule has 0 bridgehead atoms. The molecule has 1 aliphatic heterocycles. The van der Waals surface area contributed by atoms with Crippen molar-refractivity contribution < 1.29 is 9.47 Å². The van der Waals surface area contributed by atoms with Gasteiger partial charge in [-0.1, -0.05) is 12.1 Å². The first kappa shape index (κ1) is 14.6. The molecule has 1 saturated carbocycles. The van der Waals surface area contributed by atoms with E-state index in [2.05, 4.69) is 20.9 Å². The molecule has 0 radical (unpaired) electrons. The van der Waals surface area contributed by atoms with E-state index in [-0.39, 0.29) is 12.2 Å². The van der Waals surface area contributed by atoms with E-state index in [1.807, 2.05) is 36.5 Å². The summed E-state index contributed by atoms with van der Waals surface area (Å²) in [7, 11) is 0. The van der Waals surface area contributed by atoms with Crippen LogP contribution in [0.1, 0.15) is 18.5 Å². The molecule has 5 nitrogen and oxygen atoms in total. The van der Waals surface area contributed by atoms with E-state index in [0.717, 1.165) is 38.2 Å². The molecule has 0 aromatic carbocycles. The zero-order valence-corrected chi connectivity index (χ0v) is 13.0. The summed E-state index contributed by atoms with van der Waals surface area (Å²) in [6, 6.07) is 12.2. The lowest BCUT2D eigenvalue weighted by Gasteiger charge is -2.38. The van der Waals surface area contributed by atoms with Crippen LogP contribution in [-0.2, 0) is 11.3 Å². The van der Waals surface area contributed by atoms with E-state index in [1.54, 1.807) is 6.20 Å². The molecule has 0 amide bonds. The zero-order valence-electron chi connectivity index (χ0n) is 13.0. The van der Waals surface area contributed by atoms with Crippen LogP contribution in [0.15, 0.2) is 48.8 Å². The van der Waals surface area contributed by atoms with Gasteiger partial charge in [0.15, 0.2) is 0 Å². The average Bonchev–Trinajstić information content (AvgIpc) is 3.01. The molecule has 1 saturated heterocycles. The minimum Gasteiger partial charge on any atom is -0.472 e. The van der Waals surface area contributed by atoms with Crippen LogP contribution < -0.4 is 4.74 Å². The SMILES string of the molecule is c1ccc(CN2CCO[C@H]3[C@H]2CC[C@H]3Oc2ccccn2)nc1. The molecule has 2 fully saturated rings.